The van der Waals surface area contributed by atoms with E-state index in [0.717, 1.165) is 10.7 Å². The number of carbonyl (C=O) groups is 2. The number of amides is 2. The molecule has 8 heteroatoms. The lowest BCUT2D eigenvalue weighted by molar-refractivity contribution is -0.125. The highest BCUT2D eigenvalue weighted by Gasteiger charge is 2.37. The van der Waals surface area contributed by atoms with Gasteiger partial charge in [-0.1, -0.05) is 0 Å². The van der Waals surface area contributed by atoms with Crippen LogP contribution in [-0.4, -0.2) is 45.2 Å². The second-order valence-electron chi connectivity index (χ2n) is 6.07. The first-order valence-corrected chi connectivity index (χ1v) is 9.06. The quantitative estimate of drug-likeness (QED) is 0.912. The largest absolute Gasteiger partial charge is 0.444 e. The maximum atomic E-state index is 12.3. The molecule has 0 aromatic carbocycles. The van der Waals surface area contributed by atoms with Gasteiger partial charge >= 0.3 is 6.09 Å². The molecular formula is C14H21N3O3S2. The van der Waals surface area contributed by atoms with Crippen molar-refractivity contribution in [3.8, 4) is 0 Å². The van der Waals surface area contributed by atoms with E-state index in [9.17, 15) is 9.59 Å². The Morgan fingerprint density at radius 2 is 2.23 bits per heavy atom. The van der Waals surface area contributed by atoms with Crippen LogP contribution in [0.4, 0.5) is 4.79 Å². The van der Waals surface area contributed by atoms with Gasteiger partial charge in [0, 0.05) is 16.8 Å². The number of hydrogen-bond donors (Lipinski definition) is 1. The van der Waals surface area contributed by atoms with Crippen molar-refractivity contribution in [2.24, 2.45) is 0 Å². The van der Waals surface area contributed by atoms with E-state index in [1.807, 2.05) is 33.1 Å². The smallest absolute Gasteiger partial charge is 0.411 e. The van der Waals surface area contributed by atoms with Crippen molar-refractivity contribution >= 4 is 35.1 Å². The van der Waals surface area contributed by atoms with Crippen LogP contribution in [0.2, 0.25) is 0 Å². The summed E-state index contributed by atoms with van der Waals surface area (Å²) in [4.78, 5) is 30.3. The Morgan fingerprint density at radius 1 is 1.50 bits per heavy atom. The van der Waals surface area contributed by atoms with E-state index in [-0.39, 0.29) is 5.91 Å². The fraction of sp³-hybridized carbons (Fsp3) is 0.643. The zero-order valence-corrected chi connectivity index (χ0v) is 14.8. The molecule has 1 saturated heterocycles. The molecule has 1 aliphatic heterocycles. The minimum Gasteiger partial charge on any atom is -0.444 e. The minimum atomic E-state index is -0.566. The Bertz CT molecular complexity index is 554. The van der Waals surface area contributed by atoms with Gasteiger partial charge in [0.15, 0.2) is 0 Å². The topological polar surface area (TPSA) is 71.5 Å². The summed E-state index contributed by atoms with van der Waals surface area (Å²) in [7, 11) is 0. The summed E-state index contributed by atoms with van der Waals surface area (Å²) in [6, 6.07) is -0.485. The van der Waals surface area contributed by atoms with Crippen LogP contribution in [0.3, 0.4) is 0 Å². The molecule has 0 aliphatic carbocycles. The van der Waals surface area contributed by atoms with Crippen molar-refractivity contribution in [3.63, 3.8) is 0 Å². The zero-order chi connectivity index (χ0) is 16.3. The predicted molar refractivity (Wildman–Crippen MR) is 87.9 cm³/mol. The summed E-state index contributed by atoms with van der Waals surface area (Å²) in [6.07, 6.45) is -0.442. The van der Waals surface area contributed by atoms with Gasteiger partial charge in [-0.3, -0.25) is 9.69 Å². The van der Waals surface area contributed by atoms with Gasteiger partial charge in [0.2, 0.25) is 5.91 Å². The predicted octanol–water partition coefficient (Wildman–Crippen LogP) is 2.38. The molecule has 0 bridgehead atoms. The van der Waals surface area contributed by atoms with Gasteiger partial charge in [0.25, 0.3) is 0 Å². The summed E-state index contributed by atoms with van der Waals surface area (Å²) < 4.78 is 5.35. The molecule has 0 radical (unpaired) electrons. The molecule has 2 rings (SSSR count). The van der Waals surface area contributed by atoms with E-state index < -0.39 is 17.7 Å². The van der Waals surface area contributed by atoms with Crippen molar-refractivity contribution in [1.82, 2.24) is 15.2 Å². The lowest BCUT2D eigenvalue weighted by atomic mass is 10.2. The Morgan fingerprint density at radius 3 is 2.82 bits per heavy atom. The fourth-order valence-electron chi connectivity index (χ4n) is 1.92. The van der Waals surface area contributed by atoms with Crippen LogP contribution < -0.4 is 5.32 Å². The van der Waals surface area contributed by atoms with E-state index >= 15 is 0 Å². The molecule has 1 fully saturated rings. The van der Waals surface area contributed by atoms with Gasteiger partial charge < -0.3 is 10.1 Å². The summed E-state index contributed by atoms with van der Waals surface area (Å²) in [6.45, 7) is 7.75. The molecule has 1 aliphatic rings. The Kier molecular flexibility index (Phi) is 5.33. The highest BCUT2D eigenvalue weighted by atomic mass is 32.2. The first-order chi connectivity index (χ1) is 10.3. The van der Waals surface area contributed by atoms with Crippen LogP contribution in [0.25, 0.3) is 0 Å². The van der Waals surface area contributed by atoms with Crippen molar-refractivity contribution in [2.45, 2.75) is 45.9 Å². The van der Waals surface area contributed by atoms with Gasteiger partial charge in [-0.2, -0.15) is 0 Å². The lowest BCUT2D eigenvalue weighted by Crippen LogP contribution is -2.48. The molecule has 0 saturated carbocycles. The Hall–Kier alpha value is -1.28. The van der Waals surface area contributed by atoms with E-state index in [1.54, 1.807) is 11.8 Å². The summed E-state index contributed by atoms with van der Waals surface area (Å²) in [5.41, 5.74) is 0.380. The second-order valence-corrected chi connectivity index (χ2v) is 8.01. The molecule has 22 heavy (non-hydrogen) atoms. The first kappa shape index (κ1) is 17.1. The second kappa shape index (κ2) is 6.87. The standard InChI is InChI=1S/C14H21N3O3S2/c1-9-6-22-11(16-9)5-15-12(18)10-7-21-8-17(10)13(19)20-14(2,3)4/h6,10H,5,7-8H2,1-4H3,(H,15,18)/t10-/m1/s1. The van der Waals surface area contributed by atoms with Crippen LogP contribution in [-0.2, 0) is 16.1 Å². The van der Waals surface area contributed by atoms with Gasteiger partial charge in [-0.05, 0) is 27.7 Å². The highest BCUT2D eigenvalue weighted by molar-refractivity contribution is 7.99. The molecule has 2 heterocycles. The zero-order valence-electron chi connectivity index (χ0n) is 13.2. The molecule has 6 nitrogen and oxygen atoms in total. The number of carbonyl (C=O) groups excluding carboxylic acids is 2. The van der Waals surface area contributed by atoms with E-state index in [0.29, 0.717) is 18.2 Å². The van der Waals surface area contributed by atoms with Gasteiger partial charge in [-0.15, -0.1) is 23.1 Å². The molecule has 122 valence electrons. The SMILES string of the molecule is Cc1csc(CNC(=O)[C@H]2CSCN2C(=O)OC(C)(C)C)n1. The number of aryl methyl sites for hydroxylation is 1. The molecule has 0 spiro atoms. The van der Waals surface area contributed by atoms with Crippen LogP contribution in [0.1, 0.15) is 31.5 Å². The van der Waals surface area contributed by atoms with Crippen molar-refractivity contribution in [3.05, 3.63) is 16.1 Å². The van der Waals surface area contributed by atoms with Crippen molar-refractivity contribution in [1.29, 1.82) is 0 Å². The summed E-state index contributed by atoms with van der Waals surface area (Å²) >= 11 is 3.06. The van der Waals surface area contributed by atoms with Crippen molar-refractivity contribution < 1.29 is 14.3 Å². The third kappa shape index (κ3) is 4.61. The number of thioether (sulfide) groups is 1. The summed E-state index contributed by atoms with van der Waals surface area (Å²) in [5, 5.41) is 5.65. The number of nitrogens with zero attached hydrogens (tertiary/aromatic N) is 2. The monoisotopic (exact) mass is 343 g/mol. The average molecular weight is 343 g/mol. The minimum absolute atomic E-state index is 0.163. The van der Waals surface area contributed by atoms with E-state index in [4.69, 9.17) is 4.74 Å². The maximum absolute atomic E-state index is 12.3. The Balaban J connectivity index is 1.91. The highest BCUT2D eigenvalue weighted by Crippen LogP contribution is 2.23. The molecule has 1 N–H and O–H groups in total. The lowest BCUT2D eigenvalue weighted by Gasteiger charge is -2.27. The van der Waals surface area contributed by atoms with Crippen LogP contribution in [0, 0.1) is 6.92 Å². The number of thiazole rings is 1. The van der Waals surface area contributed by atoms with Crippen LogP contribution >= 0.6 is 23.1 Å². The molecule has 2 amide bonds. The fourth-order valence-corrected chi connectivity index (χ4v) is 3.78. The normalized spacial score (nSPS) is 18.4. The van der Waals surface area contributed by atoms with Crippen LogP contribution in [0.15, 0.2) is 5.38 Å². The van der Waals surface area contributed by atoms with Crippen LogP contribution in [0.5, 0.6) is 0 Å². The third-order valence-corrected chi connectivity index (χ3v) is 4.87. The third-order valence-electron chi connectivity index (χ3n) is 2.89. The molecule has 1 aromatic heterocycles. The summed E-state index contributed by atoms with van der Waals surface area (Å²) in [5.74, 6) is 0.898. The number of aromatic nitrogens is 1. The number of nitrogens with one attached hydrogen (secondary N) is 1. The van der Waals surface area contributed by atoms with Crippen molar-refractivity contribution in [2.75, 3.05) is 11.6 Å². The average Bonchev–Trinajstić information content (AvgIpc) is 3.02. The molecule has 1 aromatic rings. The molecular weight excluding hydrogens is 322 g/mol. The van der Waals surface area contributed by atoms with Gasteiger partial charge in [0.05, 0.1) is 12.4 Å². The van der Waals surface area contributed by atoms with E-state index in [1.165, 1.54) is 16.2 Å². The first-order valence-electron chi connectivity index (χ1n) is 7.02. The number of ether oxygens (including phenoxy) is 1. The molecule has 0 unspecified atom stereocenters. The maximum Gasteiger partial charge on any atom is 0.411 e. The van der Waals surface area contributed by atoms with Gasteiger partial charge in [0.1, 0.15) is 16.7 Å². The number of rotatable bonds is 3. The van der Waals surface area contributed by atoms with Gasteiger partial charge in [-0.25, -0.2) is 9.78 Å². The van der Waals surface area contributed by atoms with E-state index in [2.05, 4.69) is 10.3 Å². The Labute approximate surface area is 138 Å². The molecule has 1 atom stereocenters. The number of hydrogen-bond acceptors (Lipinski definition) is 6.